The average Bonchev–Trinajstić information content (AvgIpc) is 2.81. The van der Waals surface area contributed by atoms with Crippen molar-refractivity contribution < 1.29 is 19.1 Å². The van der Waals surface area contributed by atoms with Gasteiger partial charge in [0.15, 0.2) is 6.61 Å². The highest BCUT2D eigenvalue weighted by Gasteiger charge is 2.29. The van der Waals surface area contributed by atoms with E-state index < -0.39 is 12.0 Å². The summed E-state index contributed by atoms with van der Waals surface area (Å²) in [6, 6.07) is 17.3. The van der Waals surface area contributed by atoms with Crippen LogP contribution in [-0.2, 0) is 20.7 Å². The molecule has 6 heteroatoms. The quantitative estimate of drug-likeness (QED) is 0.620. The molecular weight excluding hydrogens is 404 g/mol. The minimum atomic E-state index is -0.897. The predicted molar refractivity (Wildman–Crippen MR) is 123 cm³/mol. The molecule has 0 aromatic heterocycles. The van der Waals surface area contributed by atoms with Gasteiger partial charge in [0, 0.05) is 18.0 Å². The Hall–Kier alpha value is -3.15. The Morgan fingerprint density at radius 2 is 1.62 bits per heavy atom. The van der Waals surface area contributed by atoms with Crippen LogP contribution in [0.25, 0.3) is 0 Å². The Morgan fingerprint density at radius 3 is 2.31 bits per heavy atom. The van der Waals surface area contributed by atoms with Crippen molar-refractivity contribution in [1.29, 1.82) is 0 Å². The number of carbonyl (C=O) groups is 3. The first-order valence-electron chi connectivity index (χ1n) is 11.3. The smallest absolute Gasteiger partial charge is 0.329 e. The maximum atomic E-state index is 12.8. The number of amides is 2. The van der Waals surface area contributed by atoms with Gasteiger partial charge in [0.1, 0.15) is 6.04 Å². The molecule has 0 aliphatic heterocycles. The molecule has 2 aromatic carbocycles. The summed E-state index contributed by atoms with van der Waals surface area (Å²) in [5.74, 6) is -0.354. The fourth-order valence-corrected chi connectivity index (χ4v) is 4.15. The first kappa shape index (κ1) is 23.5. The summed E-state index contributed by atoms with van der Waals surface area (Å²) in [5, 5.41) is 5.76. The van der Waals surface area contributed by atoms with E-state index >= 15 is 0 Å². The van der Waals surface area contributed by atoms with Crippen LogP contribution >= 0.6 is 0 Å². The van der Waals surface area contributed by atoms with Crippen molar-refractivity contribution in [3.8, 4) is 0 Å². The summed E-state index contributed by atoms with van der Waals surface area (Å²) in [4.78, 5) is 37.8. The lowest BCUT2D eigenvalue weighted by Gasteiger charge is -2.34. The Morgan fingerprint density at radius 1 is 0.969 bits per heavy atom. The molecule has 0 spiro atoms. The van der Waals surface area contributed by atoms with Crippen molar-refractivity contribution in [3.05, 3.63) is 71.8 Å². The number of carbonyl (C=O) groups excluding carboxylic acids is 3. The zero-order chi connectivity index (χ0) is 22.9. The van der Waals surface area contributed by atoms with Crippen molar-refractivity contribution in [3.63, 3.8) is 0 Å². The maximum Gasteiger partial charge on any atom is 0.329 e. The lowest BCUT2D eigenvalue weighted by atomic mass is 9.78. The molecule has 32 heavy (non-hydrogen) atoms. The van der Waals surface area contributed by atoms with E-state index in [9.17, 15) is 14.4 Å². The standard InChI is InChI=1S/C26H32N2O4/c1-18-10-9-15-22(19(18)2)27-24(29)17-32-26(31)23(16-20-11-5-3-6-12-20)28-25(30)21-13-7-4-8-14-21/h3-8,11-14,18-19,22-23H,9-10,15-17H2,1-2H3,(H,27,29)(H,28,30)/t18-,19+,22+,23+/m1/s1. The third kappa shape index (κ3) is 6.67. The van der Waals surface area contributed by atoms with Gasteiger partial charge in [-0.25, -0.2) is 4.79 Å². The zero-order valence-electron chi connectivity index (χ0n) is 18.8. The summed E-state index contributed by atoms with van der Waals surface area (Å²) in [6.07, 6.45) is 3.47. The molecule has 1 aliphatic carbocycles. The molecule has 2 aromatic rings. The topological polar surface area (TPSA) is 84.5 Å². The average molecular weight is 437 g/mol. The van der Waals surface area contributed by atoms with E-state index in [1.165, 1.54) is 6.42 Å². The number of rotatable bonds is 8. The number of nitrogens with one attached hydrogen (secondary N) is 2. The van der Waals surface area contributed by atoms with Gasteiger partial charge >= 0.3 is 5.97 Å². The number of ether oxygens (including phenoxy) is 1. The second-order valence-electron chi connectivity index (χ2n) is 8.63. The summed E-state index contributed by atoms with van der Waals surface area (Å²) in [6.45, 7) is 3.99. The molecular formula is C26H32N2O4. The molecule has 2 N–H and O–H groups in total. The third-order valence-corrected chi connectivity index (χ3v) is 6.31. The summed E-state index contributed by atoms with van der Waals surface area (Å²) in [5.41, 5.74) is 1.34. The van der Waals surface area contributed by atoms with Gasteiger partial charge in [0.25, 0.3) is 11.8 Å². The van der Waals surface area contributed by atoms with E-state index in [0.29, 0.717) is 17.4 Å². The van der Waals surface area contributed by atoms with Gasteiger partial charge < -0.3 is 15.4 Å². The maximum absolute atomic E-state index is 12.8. The number of hydrogen-bond acceptors (Lipinski definition) is 4. The van der Waals surface area contributed by atoms with Crippen molar-refractivity contribution >= 4 is 17.8 Å². The minimum Gasteiger partial charge on any atom is -0.454 e. The summed E-state index contributed by atoms with van der Waals surface area (Å²) in [7, 11) is 0. The second-order valence-corrected chi connectivity index (χ2v) is 8.63. The molecule has 3 rings (SSSR count). The monoisotopic (exact) mass is 436 g/mol. The zero-order valence-corrected chi connectivity index (χ0v) is 18.8. The molecule has 1 saturated carbocycles. The lowest BCUT2D eigenvalue weighted by Crippen LogP contribution is -2.47. The second kappa shape index (κ2) is 11.5. The Kier molecular flexibility index (Phi) is 8.42. The molecule has 0 heterocycles. The van der Waals surface area contributed by atoms with Crippen LogP contribution in [0.3, 0.4) is 0 Å². The molecule has 4 atom stereocenters. The first-order valence-corrected chi connectivity index (χ1v) is 11.3. The van der Waals surface area contributed by atoms with Crippen LogP contribution in [0.15, 0.2) is 60.7 Å². The molecule has 6 nitrogen and oxygen atoms in total. The Balaban J connectivity index is 1.60. The number of benzene rings is 2. The molecule has 0 radical (unpaired) electrons. The number of hydrogen-bond donors (Lipinski definition) is 2. The summed E-state index contributed by atoms with van der Waals surface area (Å²) < 4.78 is 5.31. The lowest BCUT2D eigenvalue weighted by molar-refractivity contribution is -0.150. The van der Waals surface area contributed by atoms with E-state index in [1.807, 2.05) is 36.4 Å². The highest BCUT2D eigenvalue weighted by Crippen LogP contribution is 2.29. The normalized spacial score (nSPS) is 21.2. The highest BCUT2D eigenvalue weighted by molar-refractivity contribution is 5.97. The molecule has 170 valence electrons. The van der Waals surface area contributed by atoms with Crippen molar-refractivity contribution in [2.75, 3.05) is 6.61 Å². The van der Waals surface area contributed by atoms with Crippen molar-refractivity contribution in [2.24, 2.45) is 11.8 Å². The van der Waals surface area contributed by atoms with Crippen LogP contribution in [0.5, 0.6) is 0 Å². The van der Waals surface area contributed by atoms with Crippen molar-refractivity contribution in [1.82, 2.24) is 10.6 Å². The van der Waals surface area contributed by atoms with Gasteiger partial charge in [-0.15, -0.1) is 0 Å². The summed E-state index contributed by atoms with van der Waals surface area (Å²) >= 11 is 0. The minimum absolute atomic E-state index is 0.0999. The fourth-order valence-electron chi connectivity index (χ4n) is 4.15. The Bertz CT molecular complexity index is 901. The van der Waals surface area contributed by atoms with Crippen LogP contribution in [0.1, 0.15) is 49.0 Å². The molecule has 1 aliphatic rings. The van der Waals surface area contributed by atoms with Gasteiger partial charge in [-0.1, -0.05) is 75.2 Å². The van der Waals surface area contributed by atoms with Gasteiger partial charge in [0.2, 0.25) is 0 Å². The molecule has 0 unspecified atom stereocenters. The van der Waals surface area contributed by atoms with E-state index in [1.54, 1.807) is 24.3 Å². The van der Waals surface area contributed by atoms with Crippen LogP contribution < -0.4 is 10.6 Å². The van der Waals surface area contributed by atoms with E-state index in [2.05, 4.69) is 24.5 Å². The first-order chi connectivity index (χ1) is 15.4. The van der Waals surface area contributed by atoms with Gasteiger partial charge in [-0.05, 0) is 36.0 Å². The van der Waals surface area contributed by atoms with E-state index in [4.69, 9.17) is 4.74 Å². The third-order valence-electron chi connectivity index (χ3n) is 6.31. The van der Waals surface area contributed by atoms with Crippen LogP contribution in [0.2, 0.25) is 0 Å². The fraction of sp³-hybridized carbons (Fsp3) is 0.423. The van der Waals surface area contributed by atoms with Crippen molar-refractivity contribution in [2.45, 2.75) is 51.6 Å². The van der Waals surface area contributed by atoms with Gasteiger partial charge in [0.05, 0.1) is 0 Å². The van der Waals surface area contributed by atoms with Gasteiger partial charge in [-0.2, -0.15) is 0 Å². The van der Waals surface area contributed by atoms with Crippen LogP contribution in [0.4, 0.5) is 0 Å². The Labute approximate surface area is 189 Å². The predicted octanol–water partition coefficient (Wildman–Crippen LogP) is 3.51. The molecule has 0 saturated heterocycles. The molecule has 1 fully saturated rings. The molecule has 2 amide bonds. The SMILES string of the molecule is C[C@H]1[C@H](C)CCC[C@@H]1NC(=O)COC(=O)[C@H](Cc1ccccc1)NC(=O)c1ccccc1. The van der Waals surface area contributed by atoms with Gasteiger partial charge in [-0.3, -0.25) is 9.59 Å². The molecule has 0 bridgehead atoms. The largest absolute Gasteiger partial charge is 0.454 e. The van der Waals surface area contributed by atoms with E-state index in [0.717, 1.165) is 18.4 Å². The van der Waals surface area contributed by atoms with E-state index in [-0.39, 0.29) is 30.9 Å². The number of esters is 1. The van der Waals surface area contributed by atoms with Crippen LogP contribution in [0, 0.1) is 11.8 Å². The highest BCUT2D eigenvalue weighted by atomic mass is 16.5. The van der Waals surface area contributed by atoms with Crippen LogP contribution in [-0.4, -0.2) is 36.5 Å².